The highest BCUT2D eigenvalue weighted by Gasteiger charge is 2.22. The zero-order valence-electron chi connectivity index (χ0n) is 18.4. The molecule has 0 aliphatic carbocycles. The molecule has 1 aromatic rings. The standard InChI is InChI=1S/C23H38N4O2.HI/c1-2-24-23(25-13-8-15-29-22-12-16-28-19-22)26-17-21-11-6-7-14-27(21)18-20-9-4-3-5-10-20;/h3-5,9-10,21-22H,2,6-8,11-19H2,1H3,(H2,24,25,26);1H. The van der Waals surface area contributed by atoms with Crippen LogP contribution in [0.25, 0.3) is 0 Å². The van der Waals surface area contributed by atoms with Gasteiger partial charge in [0, 0.05) is 38.9 Å². The van der Waals surface area contributed by atoms with Crippen LogP contribution in [-0.2, 0) is 16.0 Å². The Morgan fingerprint density at radius 1 is 1.20 bits per heavy atom. The molecule has 2 N–H and O–H groups in total. The smallest absolute Gasteiger partial charge is 0.191 e. The normalized spacial score (nSPS) is 22.5. The Kier molecular flexibility index (Phi) is 12.7. The SMILES string of the molecule is CCNC(=NCC1CCCCN1Cc1ccccc1)NCCCOC1CCOC1.I. The average molecular weight is 530 g/mol. The summed E-state index contributed by atoms with van der Waals surface area (Å²) in [5.74, 6) is 0.918. The Morgan fingerprint density at radius 2 is 2.07 bits per heavy atom. The highest BCUT2D eigenvalue weighted by atomic mass is 127. The van der Waals surface area contributed by atoms with E-state index in [0.717, 1.165) is 64.8 Å². The molecule has 2 fully saturated rings. The summed E-state index contributed by atoms with van der Waals surface area (Å²) in [6.07, 6.45) is 6.11. The highest BCUT2D eigenvalue weighted by Crippen LogP contribution is 2.20. The molecular formula is C23H39IN4O2. The molecule has 0 aromatic heterocycles. The molecule has 2 atom stereocenters. The van der Waals surface area contributed by atoms with Crippen molar-refractivity contribution < 1.29 is 9.47 Å². The Hall–Kier alpha value is -0.900. The molecule has 0 saturated carbocycles. The van der Waals surface area contributed by atoms with E-state index in [1.54, 1.807) is 0 Å². The summed E-state index contributed by atoms with van der Waals surface area (Å²) in [5.41, 5.74) is 1.39. The lowest BCUT2D eigenvalue weighted by Crippen LogP contribution is -2.43. The van der Waals surface area contributed by atoms with Gasteiger partial charge in [0.15, 0.2) is 5.96 Å². The summed E-state index contributed by atoms with van der Waals surface area (Å²) >= 11 is 0. The number of aliphatic imine (C=N–C) groups is 1. The zero-order valence-corrected chi connectivity index (χ0v) is 20.7. The Morgan fingerprint density at radius 3 is 2.83 bits per heavy atom. The van der Waals surface area contributed by atoms with Gasteiger partial charge in [-0.15, -0.1) is 24.0 Å². The van der Waals surface area contributed by atoms with Gasteiger partial charge in [-0.05, 0) is 44.7 Å². The number of benzene rings is 1. The molecular weight excluding hydrogens is 491 g/mol. The minimum absolute atomic E-state index is 0. The second-order valence-electron chi connectivity index (χ2n) is 7.96. The predicted molar refractivity (Wildman–Crippen MR) is 134 cm³/mol. The van der Waals surface area contributed by atoms with Crippen molar-refractivity contribution in [3.8, 4) is 0 Å². The van der Waals surface area contributed by atoms with Crippen LogP contribution in [-0.4, -0.2) is 69.0 Å². The van der Waals surface area contributed by atoms with E-state index in [-0.39, 0.29) is 24.0 Å². The number of hydrogen-bond acceptors (Lipinski definition) is 4. The van der Waals surface area contributed by atoms with Crippen molar-refractivity contribution in [2.75, 3.05) is 46.0 Å². The third-order valence-corrected chi connectivity index (χ3v) is 5.64. The fraction of sp³-hybridized carbons (Fsp3) is 0.696. The maximum atomic E-state index is 5.84. The van der Waals surface area contributed by atoms with Crippen LogP contribution in [0.2, 0.25) is 0 Å². The molecule has 6 nitrogen and oxygen atoms in total. The minimum atomic E-state index is 0. The summed E-state index contributed by atoms with van der Waals surface area (Å²) in [6, 6.07) is 11.3. The quantitative estimate of drug-likeness (QED) is 0.210. The van der Waals surface area contributed by atoms with E-state index in [2.05, 4.69) is 52.8 Å². The second-order valence-corrected chi connectivity index (χ2v) is 7.96. The van der Waals surface area contributed by atoms with Crippen molar-refractivity contribution in [1.82, 2.24) is 15.5 Å². The Bertz CT molecular complexity index is 596. The topological polar surface area (TPSA) is 58.1 Å². The molecule has 2 heterocycles. The van der Waals surface area contributed by atoms with Gasteiger partial charge in [0.25, 0.3) is 0 Å². The third kappa shape index (κ3) is 9.08. The van der Waals surface area contributed by atoms with Gasteiger partial charge in [-0.25, -0.2) is 0 Å². The molecule has 3 rings (SSSR count). The first kappa shape index (κ1) is 25.4. The van der Waals surface area contributed by atoms with Crippen LogP contribution in [0.4, 0.5) is 0 Å². The lowest BCUT2D eigenvalue weighted by atomic mass is 10.0. The van der Waals surface area contributed by atoms with Gasteiger partial charge in [0.1, 0.15) is 0 Å². The fourth-order valence-electron chi connectivity index (χ4n) is 4.00. The summed E-state index contributed by atoms with van der Waals surface area (Å²) < 4.78 is 11.2. The first-order valence-electron chi connectivity index (χ1n) is 11.3. The largest absolute Gasteiger partial charge is 0.379 e. The third-order valence-electron chi connectivity index (χ3n) is 5.64. The molecule has 2 saturated heterocycles. The first-order valence-corrected chi connectivity index (χ1v) is 11.3. The van der Waals surface area contributed by atoms with Gasteiger partial charge >= 0.3 is 0 Å². The molecule has 1 aromatic carbocycles. The van der Waals surface area contributed by atoms with E-state index in [4.69, 9.17) is 14.5 Å². The van der Waals surface area contributed by atoms with Crippen molar-refractivity contribution in [3.63, 3.8) is 0 Å². The van der Waals surface area contributed by atoms with Gasteiger partial charge in [-0.2, -0.15) is 0 Å². The van der Waals surface area contributed by atoms with E-state index < -0.39 is 0 Å². The van der Waals surface area contributed by atoms with Gasteiger partial charge in [-0.3, -0.25) is 9.89 Å². The van der Waals surface area contributed by atoms with Crippen LogP contribution in [0.1, 0.15) is 44.6 Å². The Labute approximate surface area is 199 Å². The fourth-order valence-corrected chi connectivity index (χ4v) is 4.00. The van der Waals surface area contributed by atoms with Gasteiger partial charge in [-0.1, -0.05) is 36.8 Å². The number of piperidine rings is 1. The molecule has 2 aliphatic heterocycles. The number of halogens is 1. The number of likely N-dealkylation sites (tertiary alicyclic amines) is 1. The maximum absolute atomic E-state index is 5.84. The minimum Gasteiger partial charge on any atom is -0.379 e. The molecule has 0 spiro atoms. The van der Waals surface area contributed by atoms with Gasteiger partial charge < -0.3 is 20.1 Å². The molecule has 0 radical (unpaired) electrons. The van der Waals surface area contributed by atoms with Crippen molar-refractivity contribution in [2.24, 2.45) is 4.99 Å². The second kappa shape index (κ2) is 15.0. The lowest BCUT2D eigenvalue weighted by molar-refractivity contribution is 0.0420. The maximum Gasteiger partial charge on any atom is 0.191 e. The number of rotatable bonds is 10. The number of nitrogens with zero attached hydrogens (tertiary/aromatic N) is 2. The molecule has 2 unspecified atom stereocenters. The molecule has 30 heavy (non-hydrogen) atoms. The average Bonchev–Trinajstić information content (AvgIpc) is 3.27. The Balaban J connectivity index is 0.00000320. The molecule has 0 amide bonds. The van der Waals surface area contributed by atoms with Crippen molar-refractivity contribution in [2.45, 2.75) is 57.7 Å². The number of nitrogens with one attached hydrogen (secondary N) is 2. The summed E-state index contributed by atoms with van der Waals surface area (Å²) in [5, 5.41) is 6.84. The number of hydrogen-bond donors (Lipinski definition) is 2. The number of guanidine groups is 1. The van der Waals surface area contributed by atoms with Crippen molar-refractivity contribution in [3.05, 3.63) is 35.9 Å². The van der Waals surface area contributed by atoms with E-state index in [0.29, 0.717) is 12.1 Å². The summed E-state index contributed by atoms with van der Waals surface area (Å²) in [4.78, 5) is 7.50. The molecule has 0 bridgehead atoms. The zero-order chi connectivity index (χ0) is 20.2. The first-order chi connectivity index (χ1) is 14.3. The van der Waals surface area contributed by atoms with Crippen LogP contribution in [0, 0.1) is 0 Å². The molecule has 170 valence electrons. The van der Waals surface area contributed by atoms with E-state index in [9.17, 15) is 0 Å². The van der Waals surface area contributed by atoms with Gasteiger partial charge in [0.05, 0.1) is 19.3 Å². The van der Waals surface area contributed by atoms with Gasteiger partial charge in [0.2, 0.25) is 0 Å². The van der Waals surface area contributed by atoms with Crippen LogP contribution in [0.15, 0.2) is 35.3 Å². The van der Waals surface area contributed by atoms with E-state index in [1.165, 1.54) is 31.4 Å². The van der Waals surface area contributed by atoms with Crippen LogP contribution in [0.5, 0.6) is 0 Å². The predicted octanol–water partition coefficient (Wildman–Crippen LogP) is 3.41. The number of ether oxygens (including phenoxy) is 2. The van der Waals surface area contributed by atoms with Crippen LogP contribution < -0.4 is 10.6 Å². The summed E-state index contributed by atoms with van der Waals surface area (Å²) in [6.45, 7) is 9.25. The lowest BCUT2D eigenvalue weighted by Gasteiger charge is -2.35. The van der Waals surface area contributed by atoms with E-state index in [1.807, 2.05) is 0 Å². The monoisotopic (exact) mass is 530 g/mol. The van der Waals surface area contributed by atoms with Crippen LogP contribution >= 0.6 is 24.0 Å². The van der Waals surface area contributed by atoms with Crippen LogP contribution in [0.3, 0.4) is 0 Å². The van der Waals surface area contributed by atoms with E-state index >= 15 is 0 Å². The summed E-state index contributed by atoms with van der Waals surface area (Å²) in [7, 11) is 0. The van der Waals surface area contributed by atoms with Crippen molar-refractivity contribution in [1.29, 1.82) is 0 Å². The van der Waals surface area contributed by atoms with Crippen molar-refractivity contribution >= 4 is 29.9 Å². The molecule has 7 heteroatoms. The molecule has 2 aliphatic rings. The highest BCUT2D eigenvalue weighted by molar-refractivity contribution is 14.0.